The van der Waals surface area contributed by atoms with E-state index in [2.05, 4.69) is 89.9 Å². The summed E-state index contributed by atoms with van der Waals surface area (Å²) in [7, 11) is 1.36. The van der Waals surface area contributed by atoms with Gasteiger partial charge in [0.1, 0.15) is 24.7 Å². The van der Waals surface area contributed by atoms with E-state index in [4.69, 9.17) is 14.2 Å². The number of amides is 1. The third kappa shape index (κ3) is 9.98. The Balaban J connectivity index is 1.25. The van der Waals surface area contributed by atoms with Crippen LogP contribution in [0.5, 0.6) is 11.5 Å². The van der Waals surface area contributed by atoms with Gasteiger partial charge in [-0.05, 0) is 71.8 Å². The second-order valence-electron chi connectivity index (χ2n) is 11.4. The molecule has 1 N–H and O–H groups in total. The molecule has 0 saturated carbocycles. The summed E-state index contributed by atoms with van der Waals surface area (Å²) in [5.74, 6) is 1.47. The third-order valence-corrected chi connectivity index (χ3v) is 7.95. The zero-order chi connectivity index (χ0) is 32.0. The van der Waals surface area contributed by atoms with Gasteiger partial charge < -0.3 is 14.2 Å². The van der Waals surface area contributed by atoms with Gasteiger partial charge in [0.2, 0.25) is 0 Å². The molecule has 0 aliphatic rings. The Bertz CT molecular complexity index is 1630. The zero-order valence-corrected chi connectivity index (χ0v) is 26.6. The summed E-state index contributed by atoms with van der Waals surface area (Å²) in [6.45, 7) is 4.92. The van der Waals surface area contributed by atoms with Crippen LogP contribution >= 0.6 is 0 Å². The lowest BCUT2D eigenvalue weighted by molar-refractivity contribution is 0.186. The second-order valence-corrected chi connectivity index (χ2v) is 11.4. The van der Waals surface area contributed by atoms with E-state index in [1.165, 1.54) is 18.2 Å². The van der Waals surface area contributed by atoms with E-state index in [9.17, 15) is 4.79 Å². The number of nitrogens with zero attached hydrogens (tertiary/aromatic N) is 1. The van der Waals surface area contributed by atoms with Crippen molar-refractivity contribution >= 4 is 11.8 Å². The molecule has 0 aromatic heterocycles. The molecule has 5 aromatic rings. The number of benzene rings is 5. The largest absolute Gasteiger partial charge is 0.489 e. The van der Waals surface area contributed by atoms with Crippen molar-refractivity contribution in [3.63, 3.8) is 0 Å². The van der Waals surface area contributed by atoms with Crippen molar-refractivity contribution in [3.8, 4) is 11.5 Å². The molecule has 1 atom stereocenters. The van der Waals surface area contributed by atoms with Crippen LogP contribution in [0.1, 0.15) is 34.7 Å². The maximum absolute atomic E-state index is 12.2. The Kier molecular flexibility index (Phi) is 11.8. The minimum atomic E-state index is -0.530. The Morgan fingerprint density at radius 2 is 1.24 bits per heavy atom. The normalized spacial score (nSPS) is 11.5. The molecule has 0 aliphatic heterocycles. The third-order valence-electron chi connectivity index (χ3n) is 7.95. The molecule has 0 saturated heterocycles. The number of hydrogen-bond donors (Lipinski definition) is 1. The molecule has 236 valence electrons. The predicted molar refractivity (Wildman–Crippen MR) is 184 cm³/mol. The van der Waals surface area contributed by atoms with Gasteiger partial charge in [0.15, 0.2) is 0 Å². The Morgan fingerprint density at radius 1 is 0.674 bits per heavy atom. The highest BCUT2D eigenvalue weighted by Gasteiger charge is 2.17. The van der Waals surface area contributed by atoms with E-state index in [0.29, 0.717) is 24.7 Å². The number of rotatable bonds is 15. The monoisotopic (exact) mass is 614 g/mol. The van der Waals surface area contributed by atoms with Gasteiger partial charge in [0.05, 0.1) is 12.8 Å². The van der Waals surface area contributed by atoms with Gasteiger partial charge in [-0.1, -0.05) is 109 Å². The van der Waals surface area contributed by atoms with Crippen LogP contribution in [0.3, 0.4) is 0 Å². The molecule has 6 nitrogen and oxygen atoms in total. The van der Waals surface area contributed by atoms with Crippen LogP contribution in [0.4, 0.5) is 10.5 Å². The minimum absolute atomic E-state index is 0.289. The Hall–Kier alpha value is -5.07. The minimum Gasteiger partial charge on any atom is -0.489 e. The molecule has 46 heavy (non-hydrogen) atoms. The van der Waals surface area contributed by atoms with Crippen molar-refractivity contribution in [2.45, 2.75) is 45.6 Å². The first kappa shape index (κ1) is 32.3. The average molecular weight is 615 g/mol. The van der Waals surface area contributed by atoms with Crippen molar-refractivity contribution < 1.29 is 19.0 Å². The van der Waals surface area contributed by atoms with Crippen molar-refractivity contribution in [3.05, 3.63) is 161 Å². The molecule has 5 aromatic carbocycles. The van der Waals surface area contributed by atoms with Crippen LogP contribution in [-0.2, 0) is 37.3 Å². The van der Waals surface area contributed by atoms with Gasteiger partial charge in [-0.3, -0.25) is 10.2 Å². The highest BCUT2D eigenvalue weighted by Crippen LogP contribution is 2.28. The van der Waals surface area contributed by atoms with Crippen LogP contribution in [0.15, 0.2) is 133 Å². The maximum atomic E-state index is 12.2. The first-order valence-corrected chi connectivity index (χ1v) is 15.7. The number of hydrogen-bond acceptors (Lipinski definition) is 5. The molecule has 0 aliphatic carbocycles. The van der Waals surface area contributed by atoms with Gasteiger partial charge in [-0.15, -0.1) is 0 Å². The summed E-state index contributed by atoms with van der Waals surface area (Å²) in [6.07, 6.45) is 1.18. The molecule has 0 spiro atoms. The number of methoxy groups -OCH3 is 1. The summed E-state index contributed by atoms with van der Waals surface area (Å²) in [6, 6.07) is 45.5. The van der Waals surface area contributed by atoms with E-state index in [-0.39, 0.29) is 6.04 Å². The fraction of sp³-hybridized carbons (Fsp3) is 0.225. The fourth-order valence-electron chi connectivity index (χ4n) is 5.33. The lowest BCUT2D eigenvalue weighted by Gasteiger charge is -2.30. The van der Waals surface area contributed by atoms with Crippen LogP contribution in [0.25, 0.3) is 0 Å². The summed E-state index contributed by atoms with van der Waals surface area (Å²) in [4.78, 5) is 14.7. The average Bonchev–Trinajstić information content (AvgIpc) is 3.10. The SMILES string of the molecule is COC(=O)Nc1cc(CCN(Cc2ccccc2)[C@H](C)Cc2ccc(OCc3ccccc3)cc2)ccc1OCc1ccccc1. The maximum Gasteiger partial charge on any atom is 0.411 e. The molecule has 1 amide bonds. The number of nitrogens with one attached hydrogen (secondary N) is 1. The molecule has 6 heteroatoms. The van der Waals surface area contributed by atoms with Gasteiger partial charge >= 0.3 is 6.09 Å². The molecule has 0 radical (unpaired) electrons. The van der Waals surface area contributed by atoms with Crippen molar-refractivity contribution in [2.24, 2.45) is 0 Å². The molecule has 0 fully saturated rings. The van der Waals surface area contributed by atoms with E-state index in [1.54, 1.807) is 0 Å². The van der Waals surface area contributed by atoms with Crippen LogP contribution in [0.2, 0.25) is 0 Å². The quantitative estimate of drug-likeness (QED) is 0.128. The summed E-state index contributed by atoms with van der Waals surface area (Å²) < 4.78 is 17.0. The van der Waals surface area contributed by atoms with Gasteiger partial charge in [-0.2, -0.15) is 0 Å². The fourth-order valence-corrected chi connectivity index (χ4v) is 5.33. The van der Waals surface area contributed by atoms with Crippen molar-refractivity contribution in [1.82, 2.24) is 4.90 Å². The van der Waals surface area contributed by atoms with Crippen molar-refractivity contribution in [2.75, 3.05) is 19.0 Å². The number of carbonyl (C=O) groups is 1. The molecule has 0 heterocycles. The van der Waals surface area contributed by atoms with Crippen molar-refractivity contribution in [1.29, 1.82) is 0 Å². The molecular formula is C40H42N2O4. The second kappa shape index (κ2) is 16.8. The first-order valence-electron chi connectivity index (χ1n) is 15.7. The van der Waals surface area contributed by atoms with E-state index >= 15 is 0 Å². The lowest BCUT2D eigenvalue weighted by atomic mass is 10.0. The Morgan fingerprint density at radius 3 is 1.85 bits per heavy atom. The molecular weight excluding hydrogens is 572 g/mol. The zero-order valence-electron chi connectivity index (χ0n) is 26.6. The van der Waals surface area contributed by atoms with E-state index in [1.807, 2.05) is 60.7 Å². The smallest absolute Gasteiger partial charge is 0.411 e. The molecule has 5 rings (SSSR count). The molecule has 0 unspecified atom stereocenters. The highest BCUT2D eigenvalue weighted by molar-refractivity contribution is 5.86. The van der Waals surface area contributed by atoms with Gasteiger partial charge in [-0.25, -0.2) is 4.79 Å². The summed E-state index contributed by atoms with van der Waals surface area (Å²) in [5.41, 5.74) is 6.44. The Labute approximate surface area is 272 Å². The molecule has 0 bridgehead atoms. The number of carbonyl (C=O) groups excluding carboxylic acids is 1. The number of ether oxygens (including phenoxy) is 3. The van der Waals surface area contributed by atoms with Gasteiger partial charge in [0.25, 0.3) is 0 Å². The first-order chi connectivity index (χ1) is 22.6. The van der Waals surface area contributed by atoms with E-state index < -0.39 is 6.09 Å². The van der Waals surface area contributed by atoms with Crippen LogP contribution in [-0.4, -0.2) is 30.7 Å². The topological polar surface area (TPSA) is 60.0 Å². The summed E-state index contributed by atoms with van der Waals surface area (Å²) >= 11 is 0. The standard InChI is InChI=1S/C40H42N2O4/c1-31(26-32-18-21-37(22-19-32)45-29-35-14-8-4-9-15-35)42(28-34-12-6-3-7-13-34)25-24-33-20-23-39(38(27-33)41-40(43)44-2)46-30-36-16-10-5-11-17-36/h3-23,27,31H,24-26,28-30H2,1-2H3,(H,41,43)/t31-/m1/s1. The van der Waals surface area contributed by atoms with Crippen LogP contribution < -0.4 is 14.8 Å². The summed E-state index contributed by atoms with van der Waals surface area (Å²) in [5, 5.41) is 2.83. The van der Waals surface area contributed by atoms with Gasteiger partial charge in [0, 0.05) is 19.1 Å². The number of anilines is 1. The van der Waals surface area contributed by atoms with Crippen LogP contribution in [0, 0.1) is 0 Å². The lowest BCUT2D eigenvalue weighted by Crippen LogP contribution is -2.35. The van der Waals surface area contributed by atoms with E-state index in [0.717, 1.165) is 48.4 Å². The highest BCUT2D eigenvalue weighted by atomic mass is 16.5. The predicted octanol–water partition coefficient (Wildman–Crippen LogP) is 8.70.